The molecule has 25 heavy (non-hydrogen) atoms. The number of urea groups is 1. The molecule has 3 rings (SSSR count). The van der Waals surface area contributed by atoms with Crippen molar-refractivity contribution in [1.82, 2.24) is 19.5 Å². The fraction of sp³-hybridized carbons (Fsp3) is 0.533. The van der Waals surface area contributed by atoms with E-state index in [9.17, 15) is 18.0 Å². The van der Waals surface area contributed by atoms with Gasteiger partial charge in [0.15, 0.2) is 11.8 Å². The number of nitrogens with one attached hydrogen (secondary N) is 1. The SMILES string of the molecule is Cc1nc2ccc(NC(=O)N3CC(C(F)(F)F)OC(C)(C)C3)cn2n1. The number of morpholine rings is 1. The first-order valence-electron chi connectivity index (χ1n) is 7.67. The van der Waals surface area contributed by atoms with Gasteiger partial charge in [0, 0.05) is 0 Å². The highest BCUT2D eigenvalue weighted by Crippen LogP contribution is 2.32. The molecule has 0 spiro atoms. The van der Waals surface area contributed by atoms with E-state index in [0.717, 1.165) is 4.90 Å². The van der Waals surface area contributed by atoms with E-state index in [0.29, 0.717) is 17.2 Å². The first-order valence-corrected chi connectivity index (χ1v) is 7.67. The molecule has 1 aliphatic heterocycles. The second kappa shape index (κ2) is 5.87. The fourth-order valence-corrected chi connectivity index (χ4v) is 2.78. The normalized spacial score (nSPS) is 20.7. The second-order valence-corrected chi connectivity index (χ2v) is 6.60. The molecule has 0 radical (unpaired) electrons. The maximum Gasteiger partial charge on any atom is 0.416 e. The van der Waals surface area contributed by atoms with Crippen LogP contribution in [-0.4, -0.2) is 56.5 Å². The molecular weight excluding hydrogens is 339 g/mol. The van der Waals surface area contributed by atoms with E-state index in [2.05, 4.69) is 15.4 Å². The lowest BCUT2D eigenvalue weighted by atomic mass is 10.1. The van der Waals surface area contributed by atoms with Crippen molar-refractivity contribution in [2.75, 3.05) is 18.4 Å². The van der Waals surface area contributed by atoms with Gasteiger partial charge in [0.05, 0.1) is 30.6 Å². The van der Waals surface area contributed by atoms with Crippen LogP contribution in [0.2, 0.25) is 0 Å². The molecule has 10 heteroatoms. The van der Waals surface area contributed by atoms with Crippen molar-refractivity contribution in [1.29, 1.82) is 0 Å². The lowest BCUT2D eigenvalue weighted by Crippen LogP contribution is -2.59. The predicted molar refractivity (Wildman–Crippen MR) is 83.3 cm³/mol. The Kier molecular flexibility index (Phi) is 4.10. The summed E-state index contributed by atoms with van der Waals surface area (Å²) < 4.78 is 45.6. The van der Waals surface area contributed by atoms with Gasteiger partial charge in [-0.25, -0.2) is 14.3 Å². The molecule has 0 bridgehead atoms. The van der Waals surface area contributed by atoms with Crippen molar-refractivity contribution < 1.29 is 22.7 Å². The highest BCUT2D eigenvalue weighted by Gasteiger charge is 2.49. The lowest BCUT2D eigenvalue weighted by molar-refractivity contribution is -0.267. The van der Waals surface area contributed by atoms with Gasteiger partial charge in [0.1, 0.15) is 5.82 Å². The summed E-state index contributed by atoms with van der Waals surface area (Å²) in [4.78, 5) is 17.7. The smallest absolute Gasteiger partial charge is 0.359 e. The molecule has 1 N–H and O–H groups in total. The number of halogens is 3. The molecule has 2 aromatic rings. The quantitative estimate of drug-likeness (QED) is 0.852. The lowest BCUT2D eigenvalue weighted by Gasteiger charge is -2.43. The van der Waals surface area contributed by atoms with Crippen molar-refractivity contribution in [3.63, 3.8) is 0 Å². The standard InChI is InChI=1S/C15H18F3N5O2/c1-9-19-12-5-4-10(6-23(12)21-9)20-13(24)22-7-11(15(16,17)18)25-14(2,3)8-22/h4-6,11H,7-8H2,1-3H3,(H,20,24). The fourth-order valence-electron chi connectivity index (χ4n) is 2.78. The van der Waals surface area contributed by atoms with Gasteiger partial charge in [0.2, 0.25) is 0 Å². The number of pyridine rings is 1. The van der Waals surface area contributed by atoms with Crippen molar-refractivity contribution in [2.45, 2.75) is 38.7 Å². The van der Waals surface area contributed by atoms with Gasteiger partial charge >= 0.3 is 12.2 Å². The molecule has 0 saturated carbocycles. The van der Waals surface area contributed by atoms with Gasteiger partial charge in [-0.2, -0.15) is 18.3 Å². The molecule has 136 valence electrons. The second-order valence-electron chi connectivity index (χ2n) is 6.60. The van der Waals surface area contributed by atoms with Gasteiger partial charge in [-0.1, -0.05) is 0 Å². The van der Waals surface area contributed by atoms with E-state index in [4.69, 9.17) is 4.74 Å². The average Bonchev–Trinajstić information content (AvgIpc) is 2.84. The van der Waals surface area contributed by atoms with Crippen molar-refractivity contribution >= 4 is 17.4 Å². The monoisotopic (exact) mass is 357 g/mol. The molecule has 0 aromatic carbocycles. The summed E-state index contributed by atoms with van der Waals surface area (Å²) in [6.07, 6.45) is -4.99. The minimum Gasteiger partial charge on any atom is -0.359 e. The van der Waals surface area contributed by atoms with Gasteiger partial charge in [-0.05, 0) is 32.9 Å². The minimum atomic E-state index is -4.53. The van der Waals surface area contributed by atoms with Gasteiger partial charge in [-0.3, -0.25) is 0 Å². The number of amides is 2. The third kappa shape index (κ3) is 3.84. The Balaban J connectivity index is 1.76. The number of aromatic nitrogens is 3. The first kappa shape index (κ1) is 17.5. The van der Waals surface area contributed by atoms with E-state index >= 15 is 0 Å². The Labute approximate surface area is 141 Å². The molecule has 0 aliphatic carbocycles. The topological polar surface area (TPSA) is 71.8 Å². The van der Waals surface area contributed by atoms with Gasteiger partial charge in [-0.15, -0.1) is 0 Å². The van der Waals surface area contributed by atoms with Crippen LogP contribution < -0.4 is 5.32 Å². The molecule has 1 unspecified atom stereocenters. The number of ether oxygens (including phenoxy) is 1. The van der Waals surface area contributed by atoms with Crippen LogP contribution in [0.5, 0.6) is 0 Å². The number of anilines is 1. The summed E-state index contributed by atoms with van der Waals surface area (Å²) >= 11 is 0. The maximum atomic E-state index is 13.0. The minimum absolute atomic E-state index is 0.0517. The first-order chi connectivity index (χ1) is 11.5. The van der Waals surface area contributed by atoms with Gasteiger partial charge < -0.3 is 15.0 Å². The summed E-state index contributed by atoms with van der Waals surface area (Å²) in [5.74, 6) is 0.575. The van der Waals surface area contributed by atoms with E-state index in [1.807, 2.05) is 0 Å². The molecule has 1 atom stereocenters. The Morgan fingerprint density at radius 1 is 1.40 bits per heavy atom. The highest BCUT2D eigenvalue weighted by molar-refractivity contribution is 5.89. The van der Waals surface area contributed by atoms with E-state index in [-0.39, 0.29) is 6.54 Å². The Bertz CT molecular complexity index is 802. The highest BCUT2D eigenvalue weighted by atomic mass is 19.4. The molecule has 1 saturated heterocycles. The summed E-state index contributed by atoms with van der Waals surface area (Å²) in [5, 5.41) is 6.73. The van der Waals surface area contributed by atoms with Crippen LogP contribution in [0, 0.1) is 6.92 Å². The van der Waals surface area contributed by atoms with Crippen molar-refractivity contribution in [2.24, 2.45) is 0 Å². The van der Waals surface area contributed by atoms with Crippen molar-refractivity contribution in [3.8, 4) is 0 Å². The third-order valence-electron chi connectivity index (χ3n) is 3.76. The maximum absolute atomic E-state index is 13.0. The largest absolute Gasteiger partial charge is 0.416 e. The van der Waals surface area contributed by atoms with E-state index in [1.54, 1.807) is 25.3 Å². The van der Waals surface area contributed by atoms with Gasteiger partial charge in [0.25, 0.3) is 0 Å². The Hall–Kier alpha value is -2.36. The molecule has 3 heterocycles. The summed E-state index contributed by atoms with van der Waals surface area (Å²) in [5.41, 5.74) is -0.0710. The molecule has 1 fully saturated rings. The zero-order chi connectivity index (χ0) is 18.4. The van der Waals surface area contributed by atoms with Crippen LogP contribution in [0.25, 0.3) is 5.65 Å². The predicted octanol–water partition coefficient (Wildman–Crippen LogP) is 2.61. The zero-order valence-corrected chi connectivity index (χ0v) is 14.0. The van der Waals surface area contributed by atoms with Crippen molar-refractivity contribution in [3.05, 3.63) is 24.2 Å². The Morgan fingerprint density at radius 3 is 2.80 bits per heavy atom. The average molecular weight is 357 g/mol. The number of carbonyl (C=O) groups excluding carboxylic acids is 1. The molecule has 2 amide bonds. The molecule has 1 aliphatic rings. The molecular formula is C15H18F3N5O2. The number of alkyl halides is 3. The number of hydrogen-bond donors (Lipinski definition) is 1. The number of fused-ring (bicyclic) bond motifs is 1. The third-order valence-corrected chi connectivity index (χ3v) is 3.76. The molecule has 2 aromatic heterocycles. The van der Waals surface area contributed by atoms with Crippen LogP contribution in [-0.2, 0) is 4.74 Å². The molecule has 7 nitrogen and oxygen atoms in total. The van der Waals surface area contributed by atoms with E-state index in [1.165, 1.54) is 18.4 Å². The summed E-state index contributed by atoms with van der Waals surface area (Å²) in [6, 6.07) is 2.66. The number of nitrogens with zero attached hydrogens (tertiary/aromatic N) is 4. The summed E-state index contributed by atoms with van der Waals surface area (Å²) in [7, 11) is 0. The number of aryl methyl sites for hydroxylation is 1. The number of carbonyl (C=O) groups is 1. The Morgan fingerprint density at radius 2 is 2.12 bits per heavy atom. The number of hydrogen-bond acceptors (Lipinski definition) is 4. The van der Waals surface area contributed by atoms with Crippen LogP contribution in [0.1, 0.15) is 19.7 Å². The van der Waals surface area contributed by atoms with Crippen LogP contribution in [0.15, 0.2) is 18.3 Å². The zero-order valence-electron chi connectivity index (χ0n) is 14.0. The van der Waals surface area contributed by atoms with Crippen LogP contribution >= 0.6 is 0 Å². The number of rotatable bonds is 1. The van der Waals surface area contributed by atoms with Crippen LogP contribution in [0.4, 0.5) is 23.7 Å². The van der Waals surface area contributed by atoms with E-state index < -0.39 is 30.5 Å². The summed E-state index contributed by atoms with van der Waals surface area (Å²) in [6.45, 7) is 4.28. The van der Waals surface area contributed by atoms with Crippen LogP contribution in [0.3, 0.4) is 0 Å².